The van der Waals surface area contributed by atoms with Crippen LogP contribution >= 0.6 is 0 Å². The Hall–Kier alpha value is -0.970. The highest BCUT2D eigenvalue weighted by atomic mass is 19.1. The molecule has 0 bridgehead atoms. The highest BCUT2D eigenvalue weighted by Gasteiger charge is 2.20. The molecule has 0 aliphatic carbocycles. The normalized spacial score (nSPS) is 21.0. The molecule has 0 amide bonds. The maximum absolute atomic E-state index is 13.5. The predicted molar refractivity (Wildman–Crippen MR) is 74.5 cm³/mol. The number of likely N-dealkylation sites (N-methyl/N-ethyl adjacent to an activating group) is 1. The lowest BCUT2D eigenvalue weighted by atomic mass is 10.0. The summed E-state index contributed by atoms with van der Waals surface area (Å²) in [5, 5.41) is 0. The van der Waals surface area contributed by atoms with Gasteiger partial charge in [0.1, 0.15) is 5.82 Å². The van der Waals surface area contributed by atoms with E-state index in [-0.39, 0.29) is 11.9 Å². The van der Waals surface area contributed by atoms with E-state index in [1.807, 2.05) is 6.07 Å². The highest BCUT2D eigenvalue weighted by molar-refractivity contribution is 5.25. The molecule has 1 aliphatic heterocycles. The number of nitrogens with two attached hydrogens (primary N) is 1. The maximum Gasteiger partial charge on any atom is 0.126 e. The van der Waals surface area contributed by atoms with Crippen molar-refractivity contribution in [3.05, 3.63) is 35.1 Å². The largest absolute Gasteiger partial charge is 0.380 e. The van der Waals surface area contributed by atoms with Crippen molar-refractivity contribution in [2.24, 2.45) is 5.73 Å². The van der Waals surface area contributed by atoms with E-state index in [2.05, 4.69) is 11.9 Å². The van der Waals surface area contributed by atoms with Gasteiger partial charge in [0.25, 0.3) is 0 Å². The van der Waals surface area contributed by atoms with Crippen LogP contribution in [-0.2, 0) is 4.74 Å². The number of hydrogen-bond acceptors (Lipinski definition) is 3. The van der Waals surface area contributed by atoms with E-state index in [0.29, 0.717) is 11.6 Å². The Morgan fingerprint density at radius 3 is 2.95 bits per heavy atom. The average molecular weight is 266 g/mol. The topological polar surface area (TPSA) is 38.5 Å². The second-order valence-electron chi connectivity index (χ2n) is 5.40. The van der Waals surface area contributed by atoms with Gasteiger partial charge in [0, 0.05) is 25.2 Å². The van der Waals surface area contributed by atoms with E-state index in [4.69, 9.17) is 10.5 Å². The first-order chi connectivity index (χ1) is 9.08. The SMILES string of the molecule is Cc1ccc(C(N)CCN(C)C2CCOC2)cc1F. The van der Waals surface area contributed by atoms with Gasteiger partial charge in [-0.25, -0.2) is 4.39 Å². The van der Waals surface area contributed by atoms with Crippen LogP contribution in [0.15, 0.2) is 18.2 Å². The summed E-state index contributed by atoms with van der Waals surface area (Å²) in [7, 11) is 2.10. The van der Waals surface area contributed by atoms with Crippen molar-refractivity contribution in [1.29, 1.82) is 0 Å². The van der Waals surface area contributed by atoms with Gasteiger partial charge in [-0.1, -0.05) is 12.1 Å². The molecule has 0 saturated carbocycles. The fourth-order valence-electron chi connectivity index (χ4n) is 2.40. The van der Waals surface area contributed by atoms with Gasteiger partial charge >= 0.3 is 0 Å². The molecule has 1 saturated heterocycles. The molecule has 1 aromatic rings. The van der Waals surface area contributed by atoms with Gasteiger partial charge in [0.05, 0.1) is 6.61 Å². The zero-order valence-electron chi connectivity index (χ0n) is 11.7. The summed E-state index contributed by atoms with van der Waals surface area (Å²) in [6, 6.07) is 5.65. The fourth-order valence-corrected chi connectivity index (χ4v) is 2.40. The number of rotatable bonds is 5. The van der Waals surface area contributed by atoms with Crippen LogP contribution in [-0.4, -0.2) is 37.7 Å². The molecule has 1 fully saturated rings. The quantitative estimate of drug-likeness (QED) is 0.888. The van der Waals surface area contributed by atoms with Crippen LogP contribution in [0.25, 0.3) is 0 Å². The Kier molecular flexibility index (Phi) is 4.91. The molecule has 2 rings (SSSR count). The Morgan fingerprint density at radius 2 is 2.32 bits per heavy atom. The van der Waals surface area contributed by atoms with Crippen molar-refractivity contribution in [1.82, 2.24) is 4.90 Å². The Morgan fingerprint density at radius 1 is 1.53 bits per heavy atom. The van der Waals surface area contributed by atoms with Crippen LogP contribution in [0.4, 0.5) is 4.39 Å². The summed E-state index contributed by atoms with van der Waals surface area (Å²) in [5.74, 6) is -0.175. The van der Waals surface area contributed by atoms with Crippen molar-refractivity contribution in [2.75, 3.05) is 26.8 Å². The summed E-state index contributed by atoms with van der Waals surface area (Å²) < 4.78 is 18.9. The fraction of sp³-hybridized carbons (Fsp3) is 0.600. The summed E-state index contributed by atoms with van der Waals surface area (Å²) in [6.07, 6.45) is 1.92. The highest BCUT2D eigenvalue weighted by Crippen LogP contribution is 2.19. The van der Waals surface area contributed by atoms with Crippen molar-refractivity contribution >= 4 is 0 Å². The molecule has 2 N–H and O–H groups in total. The monoisotopic (exact) mass is 266 g/mol. The summed E-state index contributed by atoms with van der Waals surface area (Å²) in [5.41, 5.74) is 7.67. The predicted octanol–water partition coefficient (Wildman–Crippen LogP) is 2.24. The third-order valence-electron chi connectivity index (χ3n) is 3.95. The van der Waals surface area contributed by atoms with Crippen LogP contribution < -0.4 is 5.73 Å². The zero-order chi connectivity index (χ0) is 13.8. The molecular formula is C15H23FN2O. The molecular weight excluding hydrogens is 243 g/mol. The molecule has 1 aromatic carbocycles. The van der Waals surface area contributed by atoms with Crippen LogP contribution in [0.3, 0.4) is 0 Å². The van der Waals surface area contributed by atoms with Crippen molar-refractivity contribution in [3.63, 3.8) is 0 Å². The maximum atomic E-state index is 13.5. The van der Waals surface area contributed by atoms with Crippen LogP contribution in [0.5, 0.6) is 0 Å². The van der Waals surface area contributed by atoms with Crippen LogP contribution in [0.2, 0.25) is 0 Å². The Balaban J connectivity index is 1.86. The molecule has 106 valence electrons. The van der Waals surface area contributed by atoms with E-state index in [1.54, 1.807) is 19.1 Å². The number of nitrogens with zero attached hydrogens (tertiary/aromatic N) is 1. The second-order valence-corrected chi connectivity index (χ2v) is 5.40. The zero-order valence-corrected chi connectivity index (χ0v) is 11.7. The van der Waals surface area contributed by atoms with Gasteiger partial charge < -0.3 is 15.4 Å². The Labute approximate surface area is 114 Å². The molecule has 2 unspecified atom stereocenters. The number of aryl methyl sites for hydroxylation is 1. The third kappa shape index (κ3) is 3.75. The number of ether oxygens (including phenoxy) is 1. The smallest absolute Gasteiger partial charge is 0.126 e. The lowest BCUT2D eigenvalue weighted by Gasteiger charge is -2.24. The van der Waals surface area contributed by atoms with E-state index in [1.165, 1.54) is 0 Å². The first-order valence-corrected chi connectivity index (χ1v) is 6.87. The van der Waals surface area contributed by atoms with Gasteiger partial charge in [-0.05, 0) is 44.0 Å². The van der Waals surface area contributed by atoms with Crippen LogP contribution in [0, 0.1) is 12.7 Å². The molecule has 0 spiro atoms. The molecule has 19 heavy (non-hydrogen) atoms. The third-order valence-corrected chi connectivity index (χ3v) is 3.95. The van der Waals surface area contributed by atoms with Crippen molar-refractivity contribution in [3.8, 4) is 0 Å². The summed E-state index contributed by atoms with van der Waals surface area (Å²) >= 11 is 0. The molecule has 1 heterocycles. The average Bonchev–Trinajstić information content (AvgIpc) is 2.92. The summed E-state index contributed by atoms with van der Waals surface area (Å²) in [6.45, 7) is 4.33. The van der Waals surface area contributed by atoms with Crippen molar-refractivity contribution in [2.45, 2.75) is 31.8 Å². The number of hydrogen-bond donors (Lipinski definition) is 1. The Bertz CT molecular complexity index is 419. The van der Waals surface area contributed by atoms with E-state index in [9.17, 15) is 4.39 Å². The van der Waals surface area contributed by atoms with Gasteiger partial charge in [0.15, 0.2) is 0 Å². The van der Waals surface area contributed by atoms with Gasteiger partial charge in [-0.3, -0.25) is 0 Å². The molecule has 1 aliphatic rings. The van der Waals surface area contributed by atoms with Gasteiger partial charge in [0.2, 0.25) is 0 Å². The number of benzene rings is 1. The van der Waals surface area contributed by atoms with Gasteiger partial charge in [-0.15, -0.1) is 0 Å². The minimum Gasteiger partial charge on any atom is -0.380 e. The van der Waals surface area contributed by atoms with Crippen molar-refractivity contribution < 1.29 is 9.13 Å². The summed E-state index contributed by atoms with van der Waals surface area (Å²) in [4.78, 5) is 2.29. The molecule has 4 heteroatoms. The molecule has 0 radical (unpaired) electrons. The first kappa shape index (κ1) is 14.4. The van der Waals surface area contributed by atoms with E-state index < -0.39 is 0 Å². The standard InChI is InChI=1S/C15H23FN2O/c1-11-3-4-12(9-14(11)16)15(17)5-7-18(2)13-6-8-19-10-13/h3-4,9,13,15H,5-8,10,17H2,1-2H3. The van der Waals surface area contributed by atoms with Crippen LogP contribution in [0.1, 0.15) is 30.0 Å². The minimum absolute atomic E-state index is 0.111. The van der Waals surface area contributed by atoms with E-state index in [0.717, 1.165) is 38.2 Å². The van der Waals surface area contributed by atoms with E-state index >= 15 is 0 Å². The number of halogens is 1. The molecule has 3 nitrogen and oxygen atoms in total. The lowest BCUT2D eigenvalue weighted by molar-refractivity contribution is 0.157. The van der Waals surface area contributed by atoms with Gasteiger partial charge in [-0.2, -0.15) is 0 Å². The molecule has 0 aromatic heterocycles. The minimum atomic E-state index is -0.175. The first-order valence-electron chi connectivity index (χ1n) is 6.87. The molecule has 2 atom stereocenters. The second kappa shape index (κ2) is 6.46. The lowest BCUT2D eigenvalue weighted by Crippen LogP contribution is -2.34.